The van der Waals surface area contributed by atoms with Gasteiger partial charge in [0.1, 0.15) is 11.6 Å². The summed E-state index contributed by atoms with van der Waals surface area (Å²) < 4.78 is 33.0. The molecule has 0 radical (unpaired) electrons. The van der Waals surface area contributed by atoms with Gasteiger partial charge < -0.3 is 14.5 Å². The van der Waals surface area contributed by atoms with Crippen molar-refractivity contribution in [1.82, 2.24) is 24.4 Å². The Hall–Kier alpha value is -2.65. The fourth-order valence-electron chi connectivity index (χ4n) is 3.85. The van der Waals surface area contributed by atoms with E-state index in [4.69, 9.17) is 23.8 Å². The summed E-state index contributed by atoms with van der Waals surface area (Å²) in [4.78, 5) is 20.6. The lowest BCUT2D eigenvalue weighted by Crippen LogP contribution is -2.26. The van der Waals surface area contributed by atoms with E-state index in [0.717, 1.165) is 11.4 Å². The Bertz CT molecular complexity index is 1180. The predicted octanol–water partition coefficient (Wildman–Crippen LogP) is 3.48. The molecule has 1 amide bonds. The summed E-state index contributed by atoms with van der Waals surface area (Å²) in [6.07, 6.45) is 5.15. The van der Waals surface area contributed by atoms with Crippen LogP contribution in [-0.2, 0) is 37.8 Å². The molecule has 3 aromatic rings. The molecule has 6 nitrogen and oxygen atoms in total. The van der Waals surface area contributed by atoms with E-state index < -0.39 is 17.6 Å². The largest absolute Gasteiger partial charge is 0.350 e. The van der Waals surface area contributed by atoms with E-state index in [1.807, 2.05) is 4.57 Å². The van der Waals surface area contributed by atoms with Crippen LogP contribution in [0.15, 0.2) is 30.7 Å². The van der Waals surface area contributed by atoms with Crippen molar-refractivity contribution >= 4 is 29.7 Å². The van der Waals surface area contributed by atoms with E-state index >= 15 is 0 Å². The Morgan fingerprint density at radius 3 is 2.90 bits per heavy atom. The molecule has 1 aromatic carbocycles. The molecule has 1 N–H and O–H groups in total. The van der Waals surface area contributed by atoms with Gasteiger partial charge in [0.2, 0.25) is 5.91 Å². The quantitative estimate of drug-likeness (QED) is 0.478. The Kier molecular flexibility index (Phi) is 5.66. The summed E-state index contributed by atoms with van der Waals surface area (Å²) in [5.41, 5.74) is 2.14. The third-order valence-electron chi connectivity index (χ3n) is 5.32. The number of rotatable bonds is 5. The van der Waals surface area contributed by atoms with Gasteiger partial charge >= 0.3 is 0 Å². The molecule has 156 valence electrons. The van der Waals surface area contributed by atoms with E-state index in [1.165, 1.54) is 12.1 Å². The molecular weight excluding hydrogens is 432 g/mol. The minimum atomic E-state index is -0.744. The number of benzene rings is 1. The maximum absolute atomic E-state index is 14.5. The van der Waals surface area contributed by atoms with Gasteiger partial charge in [0, 0.05) is 48.9 Å². The van der Waals surface area contributed by atoms with Crippen LogP contribution in [0.1, 0.15) is 28.6 Å². The Morgan fingerprint density at radius 1 is 1.37 bits per heavy atom. The first-order chi connectivity index (χ1) is 14.4. The highest BCUT2D eigenvalue weighted by atomic mass is 35.5. The Labute approximate surface area is 181 Å². The second kappa shape index (κ2) is 8.23. The number of nitrogens with zero attached hydrogens (tertiary/aromatic N) is 4. The zero-order valence-corrected chi connectivity index (χ0v) is 17.6. The average molecular weight is 450 g/mol. The van der Waals surface area contributed by atoms with Gasteiger partial charge in [-0.25, -0.2) is 8.78 Å². The highest BCUT2D eigenvalue weighted by Gasteiger charge is 2.32. The van der Waals surface area contributed by atoms with E-state index in [9.17, 15) is 13.6 Å². The number of aromatic nitrogens is 4. The van der Waals surface area contributed by atoms with Crippen LogP contribution in [0.4, 0.5) is 8.78 Å². The molecule has 3 heterocycles. The topological polar surface area (TPSA) is 64.7 Å². The van der Waals surface area contributed by atoms with Crippen molar-refractivity contribution in [2.45, 2.75) is 31.8 Å². The molecule has 1 aliphatic heterocycles. The van der Waals surface area contributed by atoms with Crippen LogP contribution in [0, 0.1) is 16.4 Å². The van der Waals surface area contributed by atoms with E-state index in [-0.39, 0.29) is 29.5 Å². The number of amides is 1. The molecule has 1 aliphatic rings. The van der Waals surface area contributed by atoms with Crippen molar-refractivity contribution in [1.29, 1.82) is 0 Å². The molecule has 0 fully saturated rings. The molecule has 10 heteroatoms. The fourth-order valence-corrected chi connectivity index (χ4v) is 4.31. The minimum absolute atomic E-state index is 0.0405. The molecule has 2 aromatic heterocycles. The van der Waals surface area contributed by atoms with Crippen molar-refractivity contribution in [3.8, 4) is 0 Å². The predicted molar refractivity (Wildman–Crippen MR) is 110 cm³/mol. The number of imidazole rings is 1. The first-order valence-corrected chi connectivity index (χ1v) is 10.1. The lowest BCUT2D eigenvalue weighted by molar-refractivity contribution is -0.120. The van der Waals surface area contributed by atoms with E-state index in [1.54, 1.807) is 30.2 Å². The van der Waals surface area contributed by atoms with Gasteiger partial charge in [-0.05, 0) is 30.8 Å². The monoisotopic (exact) mass is 449 g/mol. The van der Waals surface area contributed by atoms with Crippen molar-refractivity contribution < 1.29 is 13.6 Å². The number of hydrogen-bond donors (Lipinski definition) is 1. The average Bonchev–Trinajstić information content (AvgIpc) is 3.25. The van der Waals surface area contributed by atoms with Crippen LogP contribution < -0.4 is 5.32 Å². The third kappa shape index (κ3) is 3.75. The lowest BCUT2D eigenvalue weighted by Gasteiger charge is -2.14. The summed E-state index contributed by atoms with van der Waals surface area (Å²) in [6, 6.07) is 2.38. The van der Waals surface area contributed by atoms with Crippen molar-refractivity contribution in [2.24, 2.45) is 7.05 Å². The van der Waals surface area contributed by atoms with Gasteiger partial charge in [0.25, 0.3) is 0 Å². The van der Waals surface area contributed by atoms with Gasteiger partial charge in [-0.2, -0.15) is 0 Å². The fraction of sp³-hybridized carbons (Fsp3) is 0.300. The Morgan fingerprint density at radius 2 is 2.17 bits per heavy atom. The molecular formula is C20H18ClF2N5OS. The zero-order valence-electron chi connectivity index (χ0n) is 16.0. The molecule has 1 atom stereocenters. The molecule has 0 bridgehead atoms. The highest BCUT2D eigenvalue weighted by molar-refractivity contribution is 7.71. The van der Waals surface area contributed by atoms with E-state index in [0.29, 0.717) is 23.4 Å². The zero-order chi connectivity index (χ0) is 21.4. The summed E-state index contributed by atoms with van der Waals surface area (Å²) in [5.74, 6) is -2.02. The van der Waals surface area contributed by atoms with Crippen LogP contribution in [0.3, 0.4) is 0 Å². The van der Waals surface area contributed by atoms with Gasteiger partial charge in [0.15, 0.2) is 4.77 Å². The number of carbonyl (C=O) groups is 1. The molecule has 0 saturated carbocycles. The number of hydrogen-bond acceptors (Lipinski definition) is 4. The summed E-state index contributed by atoms with van der Waals surface area (Å²) in [6.45, 7) is 0.589. The van der Waals surface area contributed by atoms with Crippen LogP contribution in [0.2, 0.25) is 5.02 Å². The van der Waals surface area contributed by atoms with Gasteiger partial charge in [0.05, 0.1) is 29.9 Å². The SMILES string of the molecule is Cn1c(CC(=O)NCc2cnccn2)c2n(c1=S)C[C@H](c1c(F)ccc(Cl)c1F)C2. The number of halogens is 3. The van der Waals surface area contributed by atoms with E-state index in [2.05, 4.69) is 15.3 Å². The molecule has 30 heavy (non-hydrogen) atoms. The van der Waals surface area contributed by atoms with Gasteiger partial charge in [-0.3, -0.25) is 14.8 Å². The van der Waals surface area contributed by atoms with Gasteiger partial charge in [-0.1, -0.05) is 11.6 Å². The standard InChI is InChI=1S/C20H18ClF2N5OS/c1-27-15(7-17(29)26-9-12-8-24-4-5-25-12)16-6-11(10-28(16)20(27)30)18-14(22)3-2-13(21)19(18)23/h2-5,8,11H,6-7,9-10H2,1H3,(H,26,29)/t11-/m1/s1. The first kappa shape index (κ1) is 20.6. The lowest BCUT2D eigenvalue weighted by atomic mass is 9.95. The molecule has 0 saturated heterocycles. The summed E-state index contributed by atoms with van der Waals surface area (Å²) in [7, 11) is 1.79. The van der Waals surface area contributed by atoms with Crippen LogP contribution in [-0.4, -0.2) is 25.0 Å². The maximum atomic E-state index is 14.5. The van der Waals surface area contributed by atoms with Crippen molar-refractivity contribution in [3.63, 3.8) is 0 Å². The number of carbonyl (C=O) groups excluding carboxylic acids is 1. The smallest absolute Gasteiger partial charge is 0.226 e. The number of fused-ring (bicyclic) bond motifs is 1. The van der Waals surface area contributed by atoms with Crippen LogP contribution >= 0.6 is 23.8 Å². The highest BCUT2D eigenvalue weighted by Crippen LogP contribution is 2.37. The molecule has 0 aliphatic carbocycles. The molecule has 0 unspecified atom stereocenters. The van der Waals surface area contributed by atoms with Gasteiger partial charge in [-0.15, -0.1) is 0 Å². The van der Waals surface area contributed by atoms with Crippen LogP contribution in [0.5, 0.6) is 0 Å². The van der Waals surface area contributed by atoms with Crippen molar-refractivity contribution in [2.75, 3.05) is 0 Å². The summed E-state index contributed by atoms with van der Waals surface area (Å²) >= 11 is 11.3. The Balaban J connectivity index is 1.55. The third-order valence-corrected chi connectivity index (χ3v) is 6.11. The molecule has 4 rings (SSSR count). The maximum Gasteiger partial charge on any atom is 0.226 e. The summed E-state index contributed by atoms with van der Waals surface area (Å²) in [5, 5.41) is 2.69. The first-order valence-electron chi connectivity index (χ1n) is 9.29. The van der Waals surface area contributed by atoms with Crippen molar-refractivity contribution in [3.05, 3.63) is 74.8 Å². The van der Waals surface area contributed by atoms with Crippen LogP contribution in [0.25, 0.3) is 0 Å². The molecule has 0 spiro atoms. The second-order valence-electron chi connectivity index (χ2n) is 7.15. The number of nitrogens with one attached hydrogen (secondary N) is 1. The second-order valence-corrected chi connectivity index (χ2v) is 7.93. The minimum Gasteiger partial charge on any atom is -0.350 e. The normalized spacial score (nSPS) is 15.3.